The van der Waals surface area contributed by atoms with Crippen LogP contribution < -0.4 is 10.1 Å². The Kier molecular flexibility index (Phi) is 4.85. The van der Waals surface area contributed by atoms with Crippen LogP contribution in [0.3, 0.4) is 0 Å². The van der Waals surface area contributed by atoms with Crippen molar-refractivity contribution in [3.63, 3.8) is 0 Å². The molecule has 0 spiro atoms. The summed E-state index contributed by atoms with van der Waals surface area (Å²) in [5.41, 5.74) is 1.32. The van der Waals surface area contributed by atoms with Gasteiger partial charge in [-0.05, 0) is 24.1 Å². The summed E-state index contributed by atoms with van der Waals surface area (Å²) in [6.45, 7) is 3.98. The van der Waals surface area contributed by atoms with Crippen LogP contribution in [0.5, 0.6) is 5.75 Å². The summed E-state index contributed by atoms with van der Waals surface area (Å²) in [6.07, 6.45) is 0.895. The van der Waals surface area contributed by atoms with Gasteiger partial charge in [-0.2, -0.15) is 0 Å². The van der Waals surface area contributed by atoms with Crippen molar-refractivity contribution in [1.29, 1.82) is 0 Å². The Bertz CT molecular complexity index is 621. The minimum absolute atomic E-state index is 0.0652. The van der Waals surface area contributed by atoms with Gasteiger partial charge in [0, 0.05) is 10.9 Å². The molecular weight excluding hydrogens is 268 g/mol. The summed E-state index contributed by atoms with van der Waals surface area (Å²) in [5.74, 6) is 0.730. The van der Waals surface area contributed by atoms with Gasteiger partial charge < -0.3 is 20.1 Å². The predicted molar refractivity (Wildman–Crippen MR) is 82.6 cm³/mol. The molecule has 1 aromatic carbocycles. The molecule has 114 valence electrons. The van der Waals surface area contributed by atoms with E-state index < -0.39 is 0 Å². The smallest absolute Gasteiger partial charge is 0.268 e. The van der Waals surface area contributed by atoms with Gasteiger partial charge in [-0.25, -0.2) is 0 Å². The molecule has 0 bridgehead atoms. The van der Waals surface area contributed by atoms with Crippen molar-refractivity contribution in [1.82, 2.24) is 10.3 Å². The van der Waals surface area contributed by atoms with Crippen LogP contribution in [0.25, 0.3) is 10.9 Å². The molecule has 0 fully saturated rings. The molecule has 2 unspecified atom stereocenters. The van der Waals surface area contributed by atoms with Crippen molar-refractivity contribution in [3.8, 4) is 5.75 Å². The van der Waals surface area contributed by atoms with E-state index in [0.717, 1.165) is 23.1 Å². The molecular formula is C16H22N2O3. The highest BCUT2D eigenvalue weighted by Gasteiger charge is 2.19. The van der Waals surface area contributed by atoms with Gasteiger partial charge in [-0.15, -0.1) is 0 Å². The van der Waals surface area contributed by atoms with Crippen LogP contribution in [0.15, 0.2) is 24.3 Å². The zero-order valence-corrected chi connectivity index (χ0v) is 12.6. The van der Waals surface area contributed by atoms with Gasteiger partial charge >= 0.3 is 0 Å². The fourth-order valence-corrected chi connectivity index (χ4v) is 2.33. The molecule has 0 aliphatic heterocycles. The average molecular weight is 290 g/mol. The first-order valence-electron chi connectivity index (χ1n) is 7.18. The first-order valence-corrected chi connectivity index (χ1v) is 7.18. The van der Waals surface area contributed by atoms with Crippen molar-refractivity contribution < 1.29 is 14.6 Å². The molecule has 5 nitrogen and oxygen atoms in total. The third-order valence-electron chi connectivity index (χ3n) is 3.93. The van der Waals surface area contributed by atoms with Crippen molar-refractivity contribution in [2.24, 2.45) is 5.92 Å². The number of amides is 1. The van der Waals surface area contributed by atoms with Crippen LogP contribution in [0.1, 0.15) is 30.8 Å². The Morgan fingerprint density at radius 2 is 2.24 bits per heavy atom. The number of aromatic nitrogens is 1. The number of benzene rings is 1. The first-order chi connectivity index (χ1) is 10.1. The lowest BCUT2D eigenvalue weighted by Crippen LogP contribution is -2.42. The molecule has 0 radical (unpaired) electrons. The SMILES string of the molecule is CCC(C)C(CO)NC(=O)c1cc2c(OC)cccc2[nH]1. The van der Waals surface area contributed by atoms with Crippen LogP contribution >= 0.6 is 0 Å². The molecule has 1 amide bonds. The van der Waals surface area contributed by atoms with Gasteiger partial charge in [0.15, 0.2) is 0 Å². The number of H-pyrrole nitrogens is 1. The van der Waals surface area contributed by atoms with Gasteiger partial charge in [-0.1, -0.05) is 26.3 Å². The minimum Gasteiger partial charge on any atom is -0.496 e. The highest BCUT2D eigenvalue weighted by Crippen LogP contribution is 2.26. The predicted octanol–water partition coefficient (Wildman–Crippen LogP) is 2.31. The Labute approximate surface area is 124 Å². The van der Waals surface area contributed by atoms with Crippen LogP contribution in [0, 0.1) is 5.92 Å². The Morgan fingerprint density at radius 1 is 1.48 bits per heavy atom. The molecule has 0 aliphatic rings. The topological polar surface area (TPSA) is 74.3 Å². The third kappa shape index (κ3) is 3.19. The number of carbonyl (C=O) groups is 1. The highest BCUT2D eigenvalue weighted by molar-refractivity contribution is 5.99. The number of carbonyl (C=O) groups excluding carboxylic acids is 1. The zero-order chi connectivity index (χ0) is 15.4. The molecule has 1 heterocycles. The summed E-state index contributed by atoms with van der Waals surface area (Å²) >= 11 is 0. The number of fused-ring (bicyclic) bond motifs is 1. The Morgan fingerprint density at radius 3 is 2.86 bits per heavy atom. The normalized spacial score (nSPS) is 13.9. The maximum Gasteiger partial charge on any atom is 0.268 e. The van der Waals surface area contributed by atoms with E-state index in [0.29, 0.717) is 5.69 Å². The quantitative estimate of drug-likeness (QED) is 0.764. The number of nitrogens with one attached hydrogen (secondary N) is 2. The molecule has 21 heavy (non-hydrogen) atoms. The van der Waals surface area contributed by atoms with E-state index in [1.54, 1.807) is 13.2 Å². The third-order valence-corrected chi connectivity index (χ3v) is 3.93. The number of rotatable bonds is 6. The number of aliphatic hydroxyl groups excluding tert-OH is 1. The maximum absolute atomic E-state index is 12.3. The second-order valence-electron chi connectivity index (χ2n) is 5.25. The second kappa shape index (κ2) is 6.63. The number of hydrogen-bond acceptors (Lipinski definition) is 3. The summed E-state index contributed by atoms with van der Waals surface area (Å²) in [6, 6.07) is 7.15. The lowest BCUT2D eigenvalue weighted by molar-refractivity contribution is 0.0887. The van der Waals surface area contributed by atoms with E-state index in [4.69, 9.17) is 4.74 Å². The number of aliphatic hydroxyl groups is 1. The Balaban J connectivity index is 2.23. The number of aromatic amines is 1. The zero-order valence-electron chi connectivity index (χ0n) is 12.6. The highest BCUT2D eigenvalue weighted by atomic mass is 16.5. The van der Waals surface area contributed by atoms with Crippen molar-refractivity contribution in [3.05, 3.63) is 30.0 Å². The molecule has 2 rings (SSSR count). The Hall–Kier alpha value is -2.01. The standard InChI is InChI=1S/C16H22N2O3/c1-4-10(2)14(9-19)18-16(20)13-8-11-12(17-13)6-5-7-15(11)21-3/h5-8,10,14,17,19H,4,9H2,1-3H3,(H,18,20). The molecule has 0 saturated carbocycles. The molecule has 0 aliphatic carbocycles. The average Bonchev–Trinajstić information content (AvgIpc) is 2.95. The lowest BCUT2D eigenvalue weighted by Gasteiger charge is -2.21. The molecule has 3 N–H and O–H groups in total. The van der Waals surface area contributed by atoms with Crippen LogP contribution in [0.2, 0.25) is 0 Å². The van der Waals surface area contributed by atoms with Crippen molar-refractivity contribution >= 4 is 16.8 Å². The fraction of sp³-hybridized carbons (Fsp3) is 0.438. The summed E-state index contributed by atoms with van der Waals surface area (Å²) in [4.78, 5) is 15.4. The largest absolute Gasteiger partial charge is 0.496 e. The van der Waals surface area contributed by atoms with Gasteiger partial charge in [0.05, 0.1) is 19.8 Å². The lowest BCUT2D eigenvalue weighted by atomic mass is 10.00. The second-order valence-corrected chi connectivity index (χ2v) is 5.25. The number of methoxy groups -OCH3 is 1. The van der Waals surface area contributed by atoms with Gasteiger partial charge in [0.1, 0.15) is 11.4 Å². The molecule has 5 heteroatoms. The monoisotopic (exact) mass is 290 g/mol. The first kappa shape index (κ1) is 15.4. The van der Waals surface area contributed by atoms with E-state index >= 15 is 0 Å². The summed E-state index contributed by atoms with van der Waals surface area (Å²) in [7, 11) is 1.60. The van der Waals surface area contributed by atoms with E-state index in [2.05, 4.69) is 10.3 Å². The van der Waals surface area contributed by atoms with Crippen LogP contribution in [0.4, 0.5) is 0 Å². The van der Waals surface area contributed by atoms with E-state index in [-0.39, 0.29) is 24.5 Å². The van der Waals surface area contributed by atoms with E-state index in [1.165, 1.54) is 0 Å². The van der Waals surface area contributed by atoms with Crippen LogP contribution in [-0.2, 0) is 0 Å². The summed E-state index contributed by atoms with van der Waals surface area (Å²) in [5, 5.41) is 13.1. The van der Waals surface area contributed by atoms with E-state index in [1.807, 2.05) is 32.0 Å². The molecule has 2 aromatic rings. The van der Waals surface area contributed by atoms with Crippen LogP contribution in [-0.4, -0.2) is 35.8 Å². The molecule has 2 atom stereocenters. The number of hydrogen-bond donors (Lipinski definition) is 3. The van der Waals surface area contributed by atoms with E-state index in [9.17, 15) is 9.90 Å². The van der Waals surface area contributed by atoms with Crippen molar-refractivity contribution in [2.75, 3.05) is 13.7 Å². The van der Waals surface area contributed by atoms with Gasteiger partial charge in [0.2, 0.25) is 0 Å². The molecule has 0 saturated heterocycles. The molecule has 1 aromatic heterocycles. The fourth-order valence-electron chi connectivity index (χ4n) is 2.33. The van der Waals surface area contributed by atoms with Gasteiger partial charge in [0.25, 0.3) is 5.91 Å². The minimum atomic E-state index is -0.240. The summed E-state index contributed by atoms with van der Waals surface area (Å²) < 4.78 is 5.29. The maximum atomic E-state index is 12.3. The number of ether oxygens (including phenoxy) is 1. The van der Waals surface area contributed by atoms with Crippen molar-refractivity contribution in [2.45, 2.75) is 26.3 Å². The van der Waals surface area contributed by atoms with Gasteiger partial charge in [-0.3, -0.25) is 4.79 Å².